The summed E-state index contributed by atoms with van der Waals surface area (Å²) in [6.45, 7) is 7.28. The Morgan fingerprint density at radius 2 is 1.91 bits per heavy atom. The highest BCUT2D eigenvalue weighted by molar-refractivity contribution is 9.09. The SMILES string of the molecule is CC1(C)C(Br)[C@@]2(C)CC[C@@H]1C2. The first-order valence-corrected chi connectivity index (χ1v) is 5.52. The Morgan fingerprint density at radius 3 is 2.18 bits per heavy atom. The maximum Gasteiger partial charge on any atom is 0.0253 e. The van der Waals surface area contributed by atoms with Crippen molar-refractivity contribution in [1.82, 2.24) is 0 Å². The van der Waals surface area contributed by atoms with E-state index in [4.69, 9.17) is 0 Å². The van der Waals surface area contributed by atoms with Gasteiger partial charge in [-0.3, -0.25) is 0 Å². The van der Waals surface area contributed by atoms with E-state index >= 15 is 0 Å². The largest absolute Gasteiger partial charge is 0.0879 e. The zero-order chi connectivity index (χ0) is 8.28. The monoisotopic (exact) mass is 216 g/mol. The van der Waals surface area contributed by atoms with Crippen LogP contribution in [0.15, 0.2) is 0 Å². The summed E-state index contributed by atoms with van der Waals surface area (Å²) < 4.78 is 0. The van der Waals surface area contributed by atoms with Crippen LogP contribution in [-0.2, 0) is 0 Å². The number of fused-ring (bicyclic) bond motifs is 2. The molecule has 0 amide bonds. The minimum atomic E-state index is 0.549. The molecule has 2 fully saturated rings. The van der Waals surface area contributed by atoms with Crippen LogP contribution in [0.25, 0.3) is 0 Å². The van der Waals surface area contributed by atoms with Gasteiger partial charge in [-0.2, -0.15) is 0 Å². The van der Waals surface area contributed by atoms with Crippen LogP contribution >= 0.6 is 15.9 Å². The van der Waals surface area contributed by atoms with Crippen LogP contribution < -0.4 is 0 Å². The molecule has 1 heteroatoms. The van der Waals surface area contributed by atoms with E-state index in [1.54, 1.807) is 0 Å². The lowest BCUT2D eigenvalue weighted by molar-refractivity contribution is 0.199. The van der Waals surface area contributed by atoms with Gasteiger partial charge in [0.25, 0.3) is 0 Å². The molecule has 0 aliphatic heterocycles. The lowest BCUT2D eigenvalue weighted by Crippen LogP contribution is -2.35. The Bertz CT molecular complexity index is 181. The minimum absolute atomic E-state index is 0.549. The summed E-state index contributed by atoms with van der Waals surface area (Å²) in [7, 11) is 0. The molecular formula is C10H17Br. The number of rotatable bonds is 0. The first-order chi connectivity index (χ1) is 4.97. The first-order valence-electron chi connectivity index (χ1n) is 4.61. The smallest absolute Gasteiger partial charge is 0.0253 e. The lowest BCUT2D eigenvalue weighted by Gasteiger charge is -2.38. The van der Waals surface area contributed by atoms with Crippen molar-refractivity contribution in [2.45, 2.75) is 44.9 Å². The van der Waals surface area contributed by atoms with Crippen molar-refractivity contribution in [3.63, 3.8) is 0 Å². The average molecular weight is 217 g/mol. The van der Waals surface area contributed by atoms with E-state index in [0.717, 1.165) is 10.7 Å². The van der Waals surface area contributed by atoms with E-state index in [1.807, 2.05) is 0 Å². The summed E-state index contributed by atoms with van der Waals surface area (Å²) in [6, 6.07) is 0. The van der Waals surface area contributed by atoms with Gasteiger partial charge in [0.2, 0.25) is 0 Å². The zero-order valence-electron chi connectivity index (χ0n) is 7.65. The van der Waals surface area contributed by atoms with Crippen LogP contribution in [0.3, 0.4) is 0 Å². The van der Waals surface area contributed by atoms with E-state index in [2.05, 4.69) is 36.7 Å². The van der Waals surface area contributed by atoms with Crippen LogP contribution in [0.2, 0.25) is 0 Å². The van der Waals surface area contributed by atoms with Crippen molar-refractivity contribution in [3.05, 3.63) is 0 Å². The molecule has 3 atom stereocenters. The highest BCUT2D eigenvalue weighted by Gasteiger charge is 2.58. The van der Waals surface area contributed by atoms with Gasteiger partial charge in [0.1, 0.15) is 0 Å². The summed E-state index contributed by atoms with van der Waals surface area (Å²) >= 11 is 3.87. The molecule has 2 aliphatic rings. The third kappa shape index (κ3) is 0.867. The predicted molar refractivity (Wildman–Crippen MR) is 51.9 cm³/mol. The molecule has 2 aliphatic carbocycles. The third-order valence-corrected chi connectivity index (χ3v) is 6.38. The fourth-order valence-electron chi connectivity index (χ4n) is 3.24. The average Bonchev–Trinajstić information content (AvgIpc) is 2.36. The Labute approximate surface area is 77.9 Å². The molecule has 0 radical (unpaired) electrons. The molecule has 2 rings (SSSR count). The fourth-order valence-corrected chi connectivity index (χ4v) is 4.03. The van der Waals surface area contributed by atoms with Crippen LogP contribution in [0.4, 0.5) is 0 Å². The van der Waals surface area contributed by atoms with E-state index in [9.17, 15) is 0 Å². The second kappa shape index (κ2) is 2.04. The first kappa shape index (κ1) is 8.10. The molecule has 0 aromatic carbocycles. The molecular weight excluding hydrogens is 200 g/mol. The number of hydrogen-bond acceptors (Lipinski definition) is 0. The number of alkyl halides is 1. The molecule has 64 valence electrons. The topological polar surface area (TPSA) is 0 Å². The quantitative estimate of drug-likeness (QED) is 0.544. The molecule has 11 heavy (non-hydrogen) atoms. The maximum atomic E-state index is 3.87. The maximum absolute atomic E-state index is 3.87. The highest BCUT2D eigenvalue weighted by atomic mass is 79.9. The molecule has 0 nitrogen and oxygen atoms in total. The Kier molecular flexibility index (Phi) is 1.50. The fraction of sp³-hybridized carbons (Fsp3) is 1.00. The highest BCUT2D eigenvalue weighted by Crippen LogP contribution is 2.64. The predicted octanol–water partition coefficient (Wildman–Crippen LogP) is 3.60. The molecule has 1 unspecified atom stereocenters. The standard InChI is InChI=1S/C10H17Br/c1-9(2)7-4-5-10(3,6-7)8(9)11/h7-8H,4-6H2,1-3H3/t7-,8?,10+/m1/s1. The van der Waals surface area contributed by atoms with Crippen LogP contribution in [0.5, 0.6) is 0 Å². The molecule has 2 saturated carbocycles. The van der Waals surface area contributed by atoms with Crippen molar-refractivity contribution >= 4 is 15.9 Å². The van der Waals surface area contributed by atoms with E-state index < -0.39 is 0 Å². The van der Waals surface area contributed by atoms with Crippen molar-refractivity contribution in [1.29, 1.82) is 0 Å². The molecule has 0 spiro atoms. The van der Waals surface area contributed by atoms with E-state index in [0.29, 0.717) is 10.8 Å². The summed E-state index contributed by atoms with van der Waals surface area (Å²) in [5, 5.41) is 0. The van der Waals surface area contributed by atoms with Crippen LogP contribution in [0, 0.1) is 16.7 Å². The van der Waals surface area contributed by atoms with Gasteiger partial charge in [-0.15, -0.1) is 0 Å². The van der Waals surface area contributed by atoms with Gasteiger partial charge in [-0.1, -0.05) is 36.7 Å². The molecule has 0 heterocycles. The molecule has 2 bridgehead atoms. The van der Waals surface area contributed by atoms with Gasteiger partial charge >= 0.3 is 0 Å². The van der Waals surface area contributed by atoms with E-state index in [-0.39, 0.29) is 0 Å². The van der Waals surface area contributed by atoms with Crippen LogP contribution in [0.1, 0.15) is 40.0 Å². The Hall–Kier alpha value is 0.480. The number of hydrogen-bond donors (Lipinski definition) is 0. The summed E-state index contributed by atoms with van der Waals surface area (Å²) in [5.41, 5.74) is 1.17. The summed E-state index contributed by atoms with van der Waals surface area (Å²) in [6.07, 6.45) is 4.36. The van der Waals surface area contributed by atoms with E-state index in [1.165, 1.54) is 19.3 Å². The number of halogens is 1. The minimum Gasteiger partial charge on any atom is -0.0879 e. The second-order valence-corrected chi connectivity index (χ2v) is 6.19. The van der Waals surface area contributed by atoms with Crippen molar-refractivity contribution in [3.8, 4) is 0 Å². The summed E-state index contributed by atoms with van der Waals surface area (Å²) in [4.78, 5) is 0.751. The van der Waals surface area contributed by atoms with Gasteiger partial charge in [-0.05, 0) is 36.0 Å². The Morgan fingerprint density at radius 1 is 1.27 bits per heavy atom. The molecule has 0 saturated heterocycles. The third-order valence-electron chi connectivity index (χ3n) is 4.09. The van der Waals surface area contributed by atoms with Gasteiger partial charge < -0.3 is 0 Å². The van der Waals surface area contributed by atoms with Crippen molar-refractivity contribution in [2.24, 2.45) is 16.7 Å². The lowest BCUT2D eigenvalue weighted by atomic mass is 9.73. The van der Waals surface area contributed by atoms with Gasteiger partial charge in [0.05, 0.1) is 0 Å². The molecule has 0 aromatic rings. The van der Waals surface area contributed by atoms with Gasteiger partial charge in [0.15, 0.2) is 0 Å². The van der Waals surface area contributed by atoms with Gasteiger partial charge in [0, 0.05) is 4.83 Å². The van der Waals surface area contributed by atoms with Crippen molar-refractivity contribution < 1.29 is 0 Å². The van der Waals surface area contributed by atoms with Crippen LogP contribution in [-0.4, -0.2) is 4.83 Å². The second-order valence-electron chi connectivity index (χ2n) is 5.28. The molecule has 0 N–H and O–H groups in total. The van der Waals surface area contributed by atoms with Crippen molar-refractivity contribution in [2.75, 3.05) is 0 Å². The van der Waals surface area contributed by atoms with Gasteiger partial charge in [-0.25, -0.2) is 0 Å². The normalized spacial score (nSPS) is 53.5. The summed E-state index contributed by atoms with van der Waals surface area (Å²) in [5.74, 6) is 0.983. The molecule has 0 aromatic heterocycles. The zero-order valence-corrected chi connectivity index (χ0v) is 9.24. The Balaban J connectivity index is 2.34.